The summed E-state index contributed by atoms with van der Waals surface area (Å²) < 4.78 is 0. The van der Waals surface area contributed by atoms with Crippen LogP contribution in [0.5, 0.6) is 0 Å². The average molecular weight is 219 g/mol. The molecule has 2 rings (SSSR count). The molecule has 0 spiro atoms. The second kappa shape index (κ2) is 5.07. The fourth-order valence-corrected chi connectivity index (χ4v) is 1.93. The van der Waals surface area contributed by atoms with Crippen LogP contribution in [0.3, 0.4) is 0 Å². The van der Waals surface area contributed by atoms with Crippen LogP contribution in [0.4, 0.5) is 0 Å². The van der Waals surface area contributed by atoms with Crippen molar-refractivity contribution < 1.29 is 4.79 Å². The van der Waals surface area contributed by atoms with Crippen LogP contribution in [0.1, 0.15) is 12.0 Å². The van der Waals surface area contributed by atoms with Gasteiger partial charge in [0.15, 0.2) is 0 Å². The van der Waals surface area contributed by atoms with E-state index in [0.717, 1.165) is 26.1 Å². The van der Waals surface area contributed by atoms with E-state index in [2.05, 4.69) is 9.88 Å². The molecule has 4 heteroatoms. The molecule has 0 radical (unpaired) electrons. The van der Waals surface area contributed by atoms with Crippen LogP contribution in [-0.2, 0) is 11.3 Å². The zero-order chi connectivity index (χ0) is 11.4. The maximum absolute atomic E-state index is 11.7. The summed E-state index contributed by atoms with van der Waals surface area (Å²) in [5.74, 6) is 0.210. The van der Waals surface area contributed by atoms with E-state index in [1.807, 2.05) is 30.3 Å². The highest BCUT2D eigenvalue weighted by Crippen LogP contribution is 2.07. The largest absolute Gasteiger partial charge is 0.345 e. The lowest BCUT2D eigenvalue weighted by Gasteiger charge is -2.18. The highest BCUT2D eigenvalue weighted by atomic mass is 16.2. The fraction of sp³-hybridized carbons (Fsp3) is 0.500. The number of carbonyl (C=O) groups excluding carboxylic acids is 1. The van der Waals surface area contributed by atoms with Gasteiger partial charge in [0, 0.05) is 39.1 Å². The quantitative estimate of drug-likeness (QED) is 0.736. The molecular weight excluding hydrogens is 202 g/mol. The first kappa shape index (κ1) is 11.1. The van der Waals surface area contributed by atoms with E-state index >= 15 is 0 Å². The molecule has 1 aliphatic heterocycles. The standard InChI is InChI=1S/C12H17N3O/c1-14-6-3-7-15(10-12(14)16)9-11-4-2-5-13-8-11/h2,4-5,8H,3,6-7,9-10H2,1H3. The minimum absolute atomic E-state index is 0.210. The van der Waals surface area contributed by atoms with Crippen molar-refractivity contribution in [3.63, 3.8) is 0 Å². The maximum Gasteiger partial charge on any atom is 0.236 e. The van der Waals surface area contributed by atoms with Crippen LogP contribution < -0.4 is 0 Å². The predicted octanol–water partition coefficient (Wildman–Crippen LogP) is 0.746. The van der Waals surface area contributed by atoms with Crippen LogP contribution in [0.25, 0.3) is 0 Å². The molecule has 0 aromatic carbocycles. The van der Waals surface area contributed by atoms with Crippen LogP contribution in [0.2, 0.25) is 0 Å². The number of amides is 1. The van der Waals surface area contributed by atoms with Gasteiger partial charge in [-0.15, -0.1) is 0 Å². The molecule has 0 saturated carbocycles. The summed E-state index contributed by atoms with van der Waals surface area (Å²) in [4.78, 5) is 19.8. The van der Waals surface area contributed by atoms with Gasteiger partial charge in [0.05, 0.1) is 6.54 Å². The molecular formula is C12H17N3O. The van der Waals surface area contributed by atoms with E-state index in [4.69, 9.17) is 0 Å². The molecule has 0 unspecified atom stereocenters. The smallest absolute Gasteiger partial charge is 0.236 e. The number of rotatable bonds is 2. The van der Waals surface area contributed by atoms with Crippen molar-refractivity contribution in [2.45, 2.75) is 13.0 Å². The Balaban J connectivity index is 1.97. The molecule has 0 bridgehead atoms. The second-order valence-electron chi connectivity index (χ2n) is 4.24. The molecule has 86 valence electrons. The molecule has 1 aromatic rings. The Bertz CT molecular complexity index is 353. The number of pyridine rings is 1. The lowest BCUT2D eigenvalue weighted by atomic mass is 10.2. The normalized spacial score (nSPS) is 18.6. The van der Waals surface area contributed by atoms with E-state index in [1.165, 1.54) is 5.56 Å². The van der Waals surface area contributed by atoms with Crippen molar-refractivity contribution >= 4 is 5.91 Å². The van der Waals surface area contributed by atoms with Gasteiger partial charge < -0.3 is 4.90 Å². The summed E-state index contributed by atoms with van der Waals surface area (Å²) in [5.41, 5.74) is 1.17. The van der Waals surface area contributed by atoms with Gasteiger partial charge in [0.2, 0.25) is 5.91 Å². The first-order valence-electron chi connectivity index (χ1n) is 5.61. The summed E-state index contributed by atoms with van der Waals surface area (Å²) in [5, 5.41) is 0. The van der Waals surface area contributed by atoms with E-state index < -0.39 is 0 Å². The average Bonchev–Trinajstić information content (AvgIpc) is 2.43. The molecule has 1 fully saturated rings. The Labute approximate surface area is 95.9 Å². The predicted molar refractivity (Wildman–Crippen MR) is 61.8 cm³/mol. The van der Waals surface area contributed by atoms with Gasteiger partial charge in [-0.1, -0.05) is 6.07 Å². The molecule has 1 saturated heterocycles. The summed E-state index contributed by atoms with van der Waals surface area (Å²) in [6.07, 6.45) is 4.67. The van der Waals surface area contributed by atoms with Gasteiger partial charge in [-0.3, -0.25) is 14.7 Å². The minimum Gasteiger partial charge on any atom is -0.345 e. The third kappa shape index (κ3) is 2.79. The molecule has 2 heterocycles. The zero-order valence-corrected chi connectivity index (χ0v) is 9.59. The van der Waals surface area contributed by atoms with Crippen LogP contribution >= 0.6 is 0 Å². The van der Waals surface area contributed by atoms with Crippen molar-refractivity contribution in [3.8, 4) is 0 Å². The zero-order valence-electron chi connectivity index (χ0n) is 9.59. The molecule has 1 amide bonds. The number of hydrogen-bond donors (Lipinski definition) is 0. The molecule has 1 aliphatic rings. The third-order valence-corrected chi connectivity index (χ3v) is 2.88. The lowest BCUT2D eigenvalue weighted by molar-refractivity contribution is -0.129. The first-order valence-corrected chi connectivity index (χ1v) is 5.61. The molecule has 0 atom stereocenters. The van der Waals surface area contributed by atoms with E-state index in [9.17, 15) is 4.79 Å². The maximum atomic E-state index is 11.7. The summed E-state index contributed by atoms with van der Waals surface area (Å²) in [7, 11) is 1.87. The Morgan fingerprint density at radius 3 is 3.06 bits per heavy atom. The number of nitrogens with zero attached hydrogens (tertiary/aromatic N) is 3. The minimum atomic E-state index is 0.210. The molecule has 4 nitrogen and oxygen atoms in total. The number of aromatic nitrogens is 1. The van der Waals surface area contributed by atoms with E-state index in [1.54, 1.807) is 6.20 Å². The fourth-order valence-electron chi connectivity index (χ4n) is 1.93. The van der Waals surface area contributed by atoms with Crippen molar-refractivity contribution in [1.82, 2.24) is 14.8 Å². The van der Waals surface area contributed by atoms with Gasteiger partial charge in [-0.05, 0) is 18.1 Å². The molecule has 0 N–H and O–H groups in total. The second-order valence-corrected chi connectivity index (χ2v) is 4.24. The highest BCUT2D eigenvalue weighted by molar-refractivity contribution is 5.78. The first-order chi connectivity index (χ1) is 7.75. The summed E-state index contributed by atoms with van der Waals surface area (Å²) in [6.45, 7) is 3.17. The Morgan fingerprint density at radius 2 is 2.31 bits per heavy atom. The van der Waals surface area contributed by atoms with Crippen molar-refractivity contribution in [3.05, 3.63) is 30.1 Å². The monoisotopic (exact) mass is 219 g/mol. The summed E-state index contributed by atoms with van der Waals surface area (Å²) >= 11 is 0. The van der Waals surface area contributed by atoms with Gasteiger partial charge in [0.25, 0.3) is 0 Å². The molecule has 0 aliphatic carbocycles. The van der Waals surface area contributed by atoms with E-state index in [0.29, 0.717) is 6.54 Å². The van der Waals surface area contributed by atoms with Crippen LogP contribution in [0, 0.1) is 0 Å². The van der Waals surface area contributed by atoms with E-state index in [-0.39, 0.29) is 5.91 Å². The Morgan fingerprint density at radius 1 is 1.44 bits per heavy atom. The summed E-state index contributed by atoms with van der Waals surface area (Å²) in [6, 6.07) is 3.98. The lowest BCUT2D eigenvalue weighted by Crippen LogP contribution is -2.34. The van der Waals surface area contributed by atoms with Crippen molar-refractivity contribution in [2.75, 3.05) is 26.7 Å². The number of hydrogen-bond acceptors (Lipinski definition) is 3. The number of carbonyl (C=O) groups is 1. The Kier molecular flexibility index (Phi) is 3.51. The number of likely N-dealkylation sites (N-methyl/N-ethyl adjacent to an activating group) is 1. The van der Waals surface area contributed by atoms with Crippen LogP contribution in [0.15, 0.2) is 24.5 Å². The Hall–Kier alpha value is -1.42. The molecule has 16 heavy (non-hydrogen) atoms. The van der Waals surface area contributed by atoms with Crippen LogP contribution in [-0.4, -0.2) is 47.4 Å². The topological polar surface area (TPSA) is 36.4 Å². The molecule has 1 aromatic heterocycles. The third-order valence-electron chi connectivity index (χ3n) is 2.88. The van der Waals surface area contributed by atoms with Crippen molar-refractivity contribution in [1.29, 1.82) is 0 Å². The SMILES string of the molecule is CN1CCCN(Cc2cccnc2)CC1=O. The van der Waals surface area contributed by atoms with Gasteiger partial charge in [-0.2, -0.15) is 0 Å². The van der Waals surface area contributed by atoms with Crippen molar-refractivity contribution in [2.24, 2.45) is 0 Å². The van der Waals surface area contributed by atoms with Gasteiger partial charge in [0.1, 0.15) is 0 Å². The highest BCUT2D eigenvalue weighted by Gasteiger charge is 2.18. The van der Waals surface area contributed by atoms with Gasteiger partial charge in [-0.25, -0.2) is 0 Å². The van der Waals surface area contributed by atoms with Gasteiger partial charge >= 0.3 is 0 Å².